The maximum atomic E-state index is 13.5. The summed E-state index contributed by atoms with van der Waals surface area (Å²) in [5.41, 5.74) is 4.58. The van der Waals surface area contributed by atoms with E-state index in [2.05, 4.69) is 10.9 Å². The van der Waals surface area contributed by atoms with Crippen LogP contribution in [0.5, 0.6) is 0 Å². The fraction of sp³-hybridized carbons (Fsp3) is 0.0667. The molecule has 7 heteroatoms. The van der Waals surface area contributed by atoms with Crippen LogP contribution in [0.1, 0.15) is 15.9 Å². The van der Waals surface area contributed by atoms with E-state index in [1.165, 1.54) is 36.4 Å². The van der Waals surface area contributed by atoms with Gasteiger partial charge in [-0.05, 0) is 35.9 Å². The van der Waals surface area contributed by atoms with Crippen LogP contribution in [0.4, 0.5) is 8.78 Å². The summed E-state index contributed by atoms with van der Waals surface area (Å²) in [5, 5.41) is 0.161. The third-order valence-corrected chi connectivity index (χ3v) is 3.00. The molecule has 0 fully saturated rings. The third-order valence-electron chi connectivity index (χ3n) is 2.77. The lowest BCUT2D eigenvalue weighted by atomic mass is 10.1. The van der Waals surface area contributed by atoms with E-state index in [1.54, 1.807) is 0 Å². The van der Waals surface area contributed by atoms with E-state index in [0.29, 0.717) is 5.56 Å². The topological polar surface area (TPSA) is 58.2 Å². The zero-order valence-corrected chi connectivity index (χ0v) is 12.0. The molecule has 0 unspecified atom stereocenters. The van der Waals surface area contributed by atoms with Crippen LogP contribution in [0, 0.1) is 11.6 Å². The van der Waals surface area contributed by atoms with Gasteiger partial charge in [-0.15, -0.1) is 0 Å². The number of benzene rings is 2. The fourth-order valence-corrected chi connectivity index (χ4v) is 1.86. The quantitative estimate of drug-likeness (QED) is 0.853. The molecule has 4 nitrogen and oxygen atoms in total. The van der Waals surface area contributed by atoms with E-state index in [-0.39, 0.29) is 17.0 Å². The number of hydrogen-bond acceptors (Lipinski definition) is 2. The van der Waals surface area contributed by atoms with Crippen molar-refractivity contribution in [1.29, 1.82) is 0 Å². The fourth-order valence-electron chi connectivity index (χ4n) is 1.70. The van der Waals surface area contributed by atoms with E-state index >= 15 is 0 Å². The first-order chi connectivity index (χ1) is 10.5. The first-order valence-corrected chi connectivity index (χ1v) is 6.62. The van der Waals surface area contributed by atoms with Gasteiger partial charge in [-0.2, -0.15) is 0 Å². The van der Waals surface area contributed by atoms with Crippen LogP contribution in [0.25, 0.3) is 0 Å². The average Bonchev–Trinajstić information content (AvgIpc) is 2.47. The molecule has 2 amide bonds. The van der Waals surface area contributed by atoms with Crippen molar-refractivity contribution in [2.45, 2.75) is 6.42 Å². The monoisotopic (exact) mass is 324 g/mol. The molecule has 0 bridgehead atoms. The molecule has 0 aliphatic rings. The van der Waals surface area contributed by atoms with Crippen molar-refractivity contribution in [2.75, 3.05) is 0 Å². The van der Waals surface area contributed by atoms with Crippen LogP contribution in [-0.2, 0) is 11.2 Å². The minimum absolute atomic E-state index is 0.0519. The highest BCUT2D eigenvalue weighted by Gasteiger charge is 2.13. The molecular formula is C15H11ClF2N2O2. The van der Waals surface area contributed by atoms with Crippen molar-refractivity contribution in [3.63, 3.8) is 0 Å². The highest BCUT2D eigenvalue weighted by molar-refractivity contribution is 6.30. The van der Waals surface area contributed by atoms with Gasteiger partial charge in [0.25, 0.3) is 5.91 Å². The Morgan fingerprint density at radius 3 is 2.32 bits per heavy atom. The molecule has 2 N–H and O–H groups in total. The number of hydrogen-bond donors (Lipinski definition) is 2. The Morgan fingerprint density at radius 2 is 1.68 bits per heavy atom. The van der Waals surface area contributed by atoms with Crippen LogP contribution < -0.4 is 10.9 Å². The molecular weight excluding hydrogens is 314 g/mol. The standard InChI is InChI=1S/C15H11ClF2N2O2/c16-10-3-6-12(13(18)8-10)15(22)20-19-14(21)7-9-1-4-11(17)5-2-9/h1-6,8H,7H2,(H,19,21)(H,20,22). The van der Waals surface area contributed by atoms with Crippen LogP contribution in [0.2, 0.25) is 5.02 Å². The van der Waals surface area contributed by atoms with E-state index in [1.807, 2.05) is 0 Å². The predicted molar refractivity (Wildman–Crippen MR) is 77.1 cm³/mol. The highest BCUT2D eigenvalue weighted by Crippen LogP contribution is 2.14. The number of nitrogens with one attached hydrogen (secondary N) is 2. The summed E-state index contributed by atoms with van der Waals surface area (Å²) >= 11 is 5.58. The molecule has 2 aromatic rings. The second-order valence-corrected chi connectivity index (χ2v) is 4.87. The molecule has 2 aromatic carbocycles. The summed E-state index contributed by atoms with van der Waals surface area (Å²) in [6, 6.07) is 8.93. The van der Waals surface area contributed by atoms with Gasteiger partial charge in [-0.1, -0.05) is 23.7 Å². The maximum absolute atomic E-state index is 13.5. The molecule has 0 heterocycles. The zero-order chi connectivity index (χ0) is 16.1. The van der Waals surface area contributed by atoms with Crippen LogP contribution in [0.3, 0.4) is 0 Å². The first-order valence-electron chi connectivity index (χ1n) is 6.24. The molecule has 0 atom stereocenters. The molecule has 114 valence electrons. The first kappa shape index (κ1) is 15.9. The number of rotatable bonds is 3. The minimum atomic E-state index is -0.804. The molecule has 0 aliphatic heterocycles. The van der Waals surface area contributed by atoms with E-state index < -0.39 is 23.4 Å². The van der Waals surface area contributed by atoms with Gasteiger partial charge in [0.1, 0.15) is 11.6 Å². The molecule has 0 saturated carbocycles. The van der Waals surface area contributed by atoms with Gasteiger partial charge in [-0.3, -0.25) is 20.4 Å². The number of hydrazine groups is 1. The Bertz CT molecular complexity index is 705. The molecule has 0 radical (unpaired) electrons. The summed E-state index contributed by atoms with van der Waals surface area (Å²) in [7, 11) is 0. The van der Waals surface area contributed by atoms with Gasteiger partial charge in [0.05, 0.1) is 12.0 Å². The molecule has 22 heavy (non-hydrogen) atoms. The molecule has 0 aromatic heterocycles. The van der Waals surface area contributed by atoms with Gasteiger partial charge < -0.3 is 0 Å². The van der Waals surface area contributed by atoms with E-state index in [9.17, 15) is 18.4 Å². The van der Waals surface area contributed by atoms with Crippen molar-refractivity contribution in [3.05, 3.63) is 70.2 Å². The van der Waals surface area contributed by atoms with Crippen molar-refractivity contribution in [3.8, 4) is 0 Å². The summed E-state index contributed by atoms with van der Waals surface area (Å²) in [4.78, 5) is 23.4. The molecule has 0 aliphatic carbocycles. The number of carbonyl (C=O) groups is 2. The van der Waals surface area contributed by atoms with Crippen LogP contribution in [0.15, 0.2) is 42.5 Å². The molecule has 0 saturated heterocycles. The normalized spacial score (nSPS) is 10.1. The van der Waals surface area contributed by atoms with Crippen LogP contribution in [-0.4, -0.2) is 11.8 Å². The lowest BCUT2D eigenvalue weighted by Crippen LogP contribution is -2.42. The number of halogens is 3. The minimum Gasteiger partial charge on any atom is -0.273 e. The van der Waals surface area contributed by atoms with Gasteiger partial charge in [-0.25, -0.2) is 8.78 Å². The molecule has 2 rings (SSSR count). The second-order valence-electron chi connectivity index (χ2n) is 4.43. The number of amides is 2. The van der Waals surface area contributed by atoms with Gasteiger partial charge in [0, 0.05) is 5.02 Å². The van der Waals surface area contributed by atoms with Gasteiger partial charge in [0.2, 0.25) is 5.91 Å². The third kappa shape index (κ3) is 4.26. The lowest BCUT2D eigenvalue weighted by molar-refractivity contribution is -0.121. The SMILES string of the molecule is O=C(Cc1ccc(F)cc1)NNC(=O)c1ccc(Cl)cc1F. The largest absolute Gasteiger partial charge is 0.273 e. The maximum Gasteiger partial charge on any atom is 0.272 e. The Morgan fingerprint density at radius 1 is 1.00 bits per heavy atom. The molecule has 0 spiro atoms. The zero-order valence-electron chi connectivity index (χ0n) is 11.2. The van der Waals surface area contributed by atoms with Crippen molar-refractivity contribution >= 4 is 23.4 Å². The smallest absolute Gasteiger partial charge is 0.272 e. The summed E-state index contributed by atoms with van der Waals surface area (Å²) in [6.07, 6.45) is -0.0519. The summed E-state index contributed by atoms with van der Waals surface area (Å²) < 4.78 is 26.2. The van der Waals surface area contributed by atoms with E-state index in [4.69, 9.17) is 11.6 Å². The van der Waals surface area contributed by atoms with Crippen LogP contribution >= 0.6 is 11.6 Å². The van der Waals surface area contributed by atoms with Crippen molar-refractivity contribution < 1.29 is 18.4 Å². The average molecular weight is 325 g/mol. The highest BCUT2D eigenvalue weighted by atomic mass is 35.5. The second kappa shape index (κ2) is 7.00. The predicted octanol–water partition coefficient (Wildman–Crippen LogP) is 2.62. The number of carbonyl (C=O) groups excluding carboxylic acids is 2. The van der Waals surface area contributed by atoms with Crippen molar-refractivity contribution in [1.82, 2.24) is 10.9 Å². The Balaban J connectivity index is 1.90. The van der Waals surface area contributed by atoms with E-state index in [0.717, 1.165) is 6.07 Å². The summed E-state index contributed by atoms with van der Waals surface area (Å²) in [5.74, 6) is -2.52. The van der Waals surface area contributed by atoms with Gasteiger partial charge >= 0.3 is 0 Å². The van der Waals surface area contributed by atoms with Gasteiger partial charge in [0.15, 0.2) is 0 Å². The summed E-state index contributed by atoms with van der Waals surface area (Å²) in [6.45, 7) is 0. The lowest BCUT2D eigenvalue weighted by Gasteiger charge is -2.08. The Hall–Kier alpha value is -2.47. The Labute approximate surface area is 130 Å². The van der Waals surface area contributed by atoms with Crippen molar-refractivity contribution in [2.24, 2.45) is 0 Å². The Kier molecular flexibility index (Phi) is 5.06.